The first-order valence-corrected chi connectivity index (χ1v) is 10.3. The van der Waals surface area contributed by atoms with Crippen LogP contribution in [-0.4, -0.2) is 46.5 Å². The summed E-state index contributed by atoms with van der Waals surface area (Å²) in [6, 6.07) is 2.46. The van der Waals surface area contributed by atoms with Crippen LogP contribution in [0.2, 0.25) is 0 Å². The van der Waals surface area contributed by atoms with Gasteiger partial charge in [0.2, 0.25) is 0 Å². The smallest absolute Gasteiger partial charge is 0.169 e. The molecule has 2 aromatic heterocycles. The number of hydrogen-bond acceptors (Lipinski definition) is 6. The second-order valence-electron chi connectivity index (χ2n) is 7.85. The van der Waals surface area contributed by atoms with Crippen LogP contribution < -0.4 is 4.90 Å². The topological polar surface area (TPSA) is 68.2 Å². The standard InChI is InChI=1S/C22H28N4O2/c1-15-13-24-17(14-23-15)11-21(27)19-12-22(26-8-4-3-5-16(26)2)25-20-7-10-28-9-6-18(19)20/h12-14,16H,3-11H2,1-2H3/t16-/m0/s1. The number of hydrogen-bond donors (Lipinski definition) is 0. The third-order valence-electron chi connectivity index (χ3n) is 5.75. The Morgan fingerprint density at radius 2 is 2.07 bits per heavy atom. The normalized spacial score (nSPS) is 19.8. The highest BCUT2D eigenvalue weighted by atomic mass is 16.5. The van der Waals surface area contributed by atoms with Gasteiger partial charge >= 0.3 is 0 Å². The molecule has 0 saturated carbocycles. The van der Waals surface area contributed by atoms with Gasteiger partial charge in [0.25, 0.3) is 0 Å². The number of pyridine rings is 1. The van der Waals surface area contributed by atoms with Gasteiger partial charge in [0.05, 0.1) is 31.0 Å². The molecule has 1 fully saturated rings. The maximum Gasteiger partial charge on any atom is 0.169 e. The van der Waals surface area contributed by atoms with Gasteiger partial charge < -0.3 is 9.64 Å². The summed E-state index contributed by atoms with van der Waals surface area (Å²) in [4.78, 5) is 29.2. The van der Waals surface area contributed by atoms with Crippen LogP contribution in [0.25, 0.3) is 0 Å². The number of rotatable bonds is 4. The average Bonchev–Trinajstić information content (AvgIpc) is 2.95. The van der Waals surface area contributed by atoms with Crippen LogP contribution in [0.3, 0.4) is 0 Å². The first kappa shape index (κ1) is 19.0. The number of carbonyl (C=O) groups is 1. The van der Waals surface area contributed by atoms with Crippen LogP contribution in [0.4, 0.5) is 5.82 Å². The van der Waals surface area contributed by atoms with Crippen LogP contribution in [-0.2, 0) is 24.0 Å². The molecule has 6 heteroatoms. The Bertz CT molecular complexity index is 850. The molecule has 0 N–H and O–H groups in total. The minimum Gasteiger partial charge on any atom is -0.381 e. The zero-order valence-corrected chi connectivity index (χ0v) is 16.8. The number of aryl methyl sites for hydroxylation is 1. The van der Waals surface area contributed by atoms with E-state index >= 15 is 0 Å². The predicted molar refractivity (Wildman–Crippen MR) is 108 cm³/mol. The van der Waals surface area contributed by atoms with Crippen molar-refractivity contribution in [1.82, 2.24) is 15.0 Å². The van der Waals surface area contributed by atoms with E-state index < -0.39 is 0 Å². The van der Waals surface area contributed by atoms with Crippen molar-refractivity contribution >= 4 is 11.6 Å². The molecule has 0 spiro atoms. The lowest BCUT2D eigenvalue weighted by molar-refractivity contribution is 0.0990. The monoisotopic (exact) mass is 380 g/mol. The van der Waals surface area contributed by atoms with E-state index in [-0.39, 0.29) is 12.2 Å². The van der Waals surface area contributed by atoms with Crippen molar-refractivity contribution in [2.45, 2.75) is 58.4 Å². The Labute approximate surface area is 166 Å². The highest BCUT2D eigenvalue weighted by Crippen LogP contribution is 2.28. The second kappa shape index (κ2) is 8.35. The van der Waals surface area contributed by atoms with Crippen molar-refractivity contribution in [2.24, 2.45) is 0 Å². The number of piperidine rings is 1. The van der Waals surface area contributed by atoms with Crippen molar-refractivity contribution in [1.29, 1.82) is 0 Å². The highest BCUT2D eigenvalue weighted by Gasteiger charge is 2.25. The van der Waals surface area contributed by atoms with E-state index in [1.807, 2.05) is 13.0 Å². The number of Topliss-reactive ketones (excluding diaryl/α,β-unsaturated/α-hetero) is 1. The Morgan fingerprint density at radius 1 is 1.21 bits per heavy atom. The van der Waals surface area contributed by atoms with E-state index in [9.17, 15) is 4.79 Å². The Hall–Kier alpha value is -2.34. The molecule has 0 unspecified atom stereocenters. The Kier molecular flexibility index (Phi) is 5.67. The lowest BCUT2D eigenvalue weighted by Gasteiger charge is -2.35. The molecule has 2 aliphatic heterocycles. The Balaban J connectivity index is 1.70. The van der Waals surface area contributed by atoms with Crippen molar-refractivity contribution < 1.29 is 9.53 Å². The van der Waals surface area contributed by atoms with Crippen molar-refractivity contribution in [3.05, 3.63) is 46.7 Å². The zero-order chi connectivity index (χ0) is 19.5. The third-order valence-corrected chi connectivity index (χ3v) is 5.75. The number of aromatic nitrogens is 3. The van der Waals surface area contributed by atoms with Gasteiger partial charge in [-0.05, 0) is 51.2 Å². The van der Waals surface area contributed by atoms with Crippen molar-refractivity contribution in [3.8, 4) is 0 Å². The number of ether oxygens (including phenoxy) is 1. The molecule has 2 aliphatic rings. The van der Waals surface area contributed by atoms with Gasteiger partial charge in [-0.3, -0.25) is 14.8 Å². The molecule has 148 valence electrons. The molecule has 1 saturated heterocycles. The molecule has 0 radical (unpaired) electrons. The first-order valence-electron chi connectivity index (χ1n) is 10.3. The van der Waals surface area contributed by atoms with Crippen molar-refractivity contribution in [3.63, 3.8) is 0 Å². The minimum atomic E-state index is 0.0876. The van der Waals surface area contributed by atoms with Gasteiger partial charge in [-0.25, -0.2) is 4.98 Å². The van der Waals surface area contributed by atoms with Crippen LogP contribution in [0.1, 0.15) is 59.2 Å². The fraction of sp³-hybridized carbons (Fsp3) is 0.545. The minimum absolute atomic E-state index is 0.0876. The van der Waals surface area contributed by atoms with E-state index in [0.717, 1.165) is 47.7 Å². The quantitative estimate of drug-likeness (QED) is 0.759. The maximum absolute atomic E-state index is 13.2. The molecular weight excluding hydrogens is 352 g/mol. The fourth-order valence-corrected chi connectivity index (χ4v) is 4.15. The summed E-state index contributed by atoms with van der Waals surface area (Å²) in [5.74, 6) is 1.02. The number of carbonyl (C=O) groups excluding carboxylic acids is 1. The molecule has 4 heterocycles. The van der Waals surface area contributed by atoms with E-state index in [2.05, 4.69) is 21.8 Å². The summed E-state index contributed by atoms with van der Waals surface area (Å²) in [5, 5.41) is 0. The van der Waals surface area contributed by atoms with Gasteiger partial charge in [0, 0.05) is 42.7 Å². The van der Waals surface area contributed by atoms with Gasteiger partial charge in [-0.15, -0.1) is 0 Å². The van der Waals surface area contributed by atoms with Crippen LogP contribution in [0, 0.1) is 6.92 Å². The van der Waals surface area contributed by atoms with E-state index in [1.54, 1.807) is 12.4 Å². The molecule has 4 rings (SSSR count). The zero-order valence-electron chi connectivity index (χ0n) is 16.8. The van der Waals surface area contributed by atoms with Crippen molar-refractivity contribution in [2.75, 3.05) is 24.7 Å². The number of anilines is 1. The molecule has 6 nitrogen and oxygen atoms in total. The Morgan fingerprint density at radius 3 is 2.86 bits per heavy atom. The highest BCUT2D eigenvalue weighted by molar-refractivity contribution is 5.99. The summed E-state index contributed by atoms with van der Waals surface area (Å²) in [5.41, 5.74) is 4.42. The lowest BCUT2D eigenvalue weighted by Crippen LogP contribution is -2.38. The van der Waals surface area contributed by atoms with Crippen LogP contribution >= 0.6 is 0 Å². The van der Waals surface area contributed by atoms with Gasteiger partial charge in [-0.1, -0.05) is 0 Å². The molecule has 0 aromatic carbocycles. The molecule has 0 bridgehead atoms. The third kappa shape index (κ3) is 4.07. The van der Waals surface area contributed by atoms with Gasteiger partial charge in [-0.2, -0.15) is 0 Å². The summed E-state index contributed by atoms with van der Waals surface area (Å²) in [6.07, 6.45) is 8.77. The SMILES string of the molecule is Cc1cnc(CC(=O)c2cc(N3CCCC[C@@H]3C)nc3c2CCOCC3)cn1. The van der Waals surface area contributed by atoms with Gasteiger partial charge in [0.15, 0.2) is 5.78 Å². The predicted octanol–water partition coefficient (Wildman–Crippen LogP) is 3.10. The summed E-state index contributed by atoms with van der Waals surface area (Å²) in [6.45, 7) is 6.45. The second-order valence-corrected chi connectivity index (χ2v) is 7.85. The fourth-order valence-electron chi connectivity index (χ4n) is 4.15. The van der Waals surface area contributed by atoms with E-state index in [1.165, 1.54) is 19.3 Å². The molecule has 0 aliphatic carbocycles. The summed E-state index contributed by atoms with van der Waals surface area (Å²) >= 11 is 0. The van der Waals surface area contributed by atoms with E-state index in [4.69, 9.17) is 9.72 Å². The van der Waals surface area contributed by atoms with Crippen LogP contribution in [0.5, 0.6) is 0 Å². The lowest BCUT2D eigenvalue weighted by atomic mass is 9.95. The number of ketones is 1. The summed E-state index contributed by atoms with van der Waals surface area (Å²) < 4.78 is 5.66. The van der Waals surface area contributed by atoms with E-state index in [0.29, 0.717) is 24.9 Å². The van der Waals surface area contributed by atoms with Gasteiger partial charge in [0.1, 0.15) is 5.82 Å². The number of nitrogens with zero attached hydrogens (tertiary/aromatic N) is 4. The molecular formula is C22H28N4O2. The maximum atomic E-state index is 13.2. The average molecular weight is 380 g/mol. The largest absolute Gasteiger partial charge is 0.381 e. The first-order chi connectivity index (χ1) is 13.6. The number of fused-ring (bicyclic) bond motifs is 1. The molecule has 0 amide bonds. The molecule has 1 atom stereocenters. The summed E-state index contributed by atoms with van der Waals surface area (Å²) in [7, 11) is 0. The molecule has 2 aromatic rings. The van der Waals surface area contributed by atoms with Crippen LogP contribution in [0.15, 0.2) is 18.5 Å². The molecule has 28 heavy (non-hydrogen) atoms.